The van der Waals surface area contributed by atoms with Crippen molar-refractivity contribution in [3.8, 4) is 0 Å². The Bertz CT molecular complexity index is 1000. The summed E-state index contributed by atoms with van der Waals surface area (Å²) in [5, 5.41) is 3.11. The number of hydrogen-bond acceptors (Lipinski definition) is 5. The quantitative estimate of drug-likeness (QED) is 0.644. The fourth-order valence-electron chi connectivity index (χ4n) is 3.64. The third-order valence-electron chi connectivity index (χ3n) is 5.24. The Morgan fingerprint density at radius 3 is 2.47 bits per heavy atom. The molecule has 0 saturated carbocycles. The van der Waals surface area contributed by atoms with Crippen LogP contribution in [-0.2, 0) is 10.0 Å². The van der Waals surface area contributed by atoms with Gasteiger partial charge in [-0.15, -0.1) is 0 Å². The molecule has 2 heterocycles. The molecule has 0 bridgehead atoms. The molecule has 0 aliphatic carbocycles. The van der Waals surface area contributed by atoms with E-state index in [0.717, 1.165) is 31.6 Å². The fraction of sp³-hybridized carbons (Fsp3) is 0.429. The summed E-state index contributed by atoms with van der Waals surface area (Å²) < 4.78 is 27.4. The van der Waals surface area contributed by atoms with E-state index >= 15 is 0 Å². The van der Waals surface area contributed by atoms with Crippen molar-refractivity contribution in [1.29, 1.82) is 0 Å². The molecule has 1 aliphatic rings. The predicted molar refractivity (Wildman–Crippen MR) is 120 cm³/mol. The molecule has 1 fully saturated rings. The number of aromatic nitrogens is 1. The van der Waals surface area contributed by atoms with Crippen LogP contribution >= 0.6 is 11.6 Å². The number of pyridine rings is 1. The number of anilines is 2. The van der Waals surface area contributed by atoms with Gasteiger partial charge in [-0.2, -0.15) is 4.31 Å². The van der Waals surface area contributed by atoms with Crippen LogP contribution in [0.25, 0.3) is 0 Å². The summed E-state index contributed by atoms with van der Waals surface area (Å²) in [5.74, 6) is -0.366. The largest absolute Gasteiger partial charge is 0.370 e. The smallest absolute Gasteiger partial charge is 0.255 e. The van der Waals surface area contributed by atoms with Crippen molar-refractivity contribution < 1.29 is 13.2 Å². The van der Waals surface area contributed by atoms with Gasteiger partial charge in [-0.25, -0.2) is 13.4 Å². The number of carbonyl (C=O) groups excluding carboxylic acids is 1. The van der Waals surface area contributed by atoms with E-state index in [4.69, 9.17) is 11.6 Å². The predicted octanol–water partition coefficient (Wildman–Crippen LogP) is 4.01. The number of rotatable bonds is 7. The van der Waals surface area contributed by atoms with Crippen molar-refractivity contribution in [2.75, 3.05) is 36.4 Å². The second kappa shape index (κ2) is 9.76. The van der Waals surface area contributed by atoms with Crippen LogP contribution < -0.4 is 10.2 Å². The van der Waals surface area contributed by atoms with Crippen LogP contribution in [-0.4, -0.2) is 49.8 Å². The van der Waals surface area contributed by atoms with Crippen LogP contribution in [0.15, 0.2) is 41.4 Å². The Labute approximate surface area is 183 Å². The molecule has 9 heteroatoms. The summed E-state index contributed by atoms with van der Waals surface area (Å²) in [6, 6.07) is 8.01. The number of benzene rings is 1. The van der Waals surface area contributed by atoms with Gasteiger partial charge in [0.25, 0.3) is 5.91 Å². The molecule has 0 spiro atoms. The minimum Gasteiger partial charge on any atom is -0.370 e. The van der Waals surface area contributed by atoms with Gasteiger partial charge in [-0.1, -0.05) is 25.4 Å². The van der Waals surface area contributed by atoms with Crippen LogP contribution in [0.3, 0.4) is 0 Å². The van der Waals surface area contributed by atoms with Crippen molar-refractivity contribution in [2.45, 2.75) is 38.0 Å². The molecule has 1 saturated heterocycles. The van der Waals surface area contributed by atoms with Gasteiger partial charge in [0.2, 0.25) is 10.0 Å². The Hall–Kier alpha value is -2.16. The molecule has 1 aromatic heterocycles. The van der Waals surface area contributed by atoms with Gasteiger partial charge in [-0.3, -0.25) is 4.79 Å². The molecule has 162 valence electrons. The van der Waals surface area contributed by atoms with E-state index in [0.29, 0.717) is 24.3 Å². The van der Waals surface area contributed by atoms with Crippen LogP contribution in [0, 0.1) is 0 Å². The third-order valence-corrected chi connectivity index (χ3v) is 7.50. The molecular formula is C21H27ClN4O3S. The van der Waals surface area contributed by atoms with E-state index < -0.39 is 10.0 Å². The van der Waals surface area contributed by atoms with Gasteiger partial charge in [0.05, 0.1) is 16.3 Å². The first-order chi connectivity index (χ1) is 14.4. The lowest BCUT2D eigenvalue weighted by molar-refractivity contribution is 0.102. The number of nitrogens with zero attached hydrogens (tertiary/aromatic N) is 3. The molecule has 1 amide bonds. The summed E-state index contributed by atoms with van der Waals surface area (Å²) in [7, 11) is -3.65. The standard InChI is InChI=1S/C21H27ClN4O3S/c1-3-26(4-2)30(28,29)17-8-9-19(25-12-6-5-7-13-25)18(15-17)24-21(27)16-10-11-23-20(22)14-16/h8-11,14-15H,3-7,12-13H2,1-2H3,(H,24,27). The lowest BCUT2D eigenvalue weighted by Crippen LogP contribution is -2.32. The zero-order chi connectivity index (χ0) is 21.7. The van der Waals surface area contributed by atoms with Crippen LogP contribution in [0.2, 0.25) is 5.15 Å². The highest BCUT2D eigenvalue weighted by molar-refractivity contribution is 7.89. The van der Waals surface area contributed by atoms with Crippen molar-refractivity contribution >= 4 is 38.9 Å². The maximum absolute atomic E-state index is 13.0. The highest BCUT2D eigenvalue weighted by Gasteiger charge is 2.25. The molecule has 3 rings (SSSR count). The Kier molecular flexibility index (Phi) is 7.33. The lowest BCUT2D eigenvalue weighted by atomic mass is 10.1. The van der Waals surface area contributed by atoms with E-state index in [1.165, 1.54) is 23.0 Å². The van der Waals surface area contributed by atoms with Gasteiger partial charge >= 0.3 is 0 Å². The molecule has 1 aliphatic heterocycles. The molecule has 0 unspecified atom stereocenters. The highest BCUT2D eigenvalue weighted by atomic mass is 35.5. The monoisotopic (exact) mass is 450 g/mol. The first-order valence-electron chi connectivity index (χ1n) is 10.2. The second-order valence-corrected chi connectivity index (χ2v) is 9.46. The van der Waals surface area contributed by atoms with Gasteiger partial charge in [0.1, 0.15) is 5.15 Å². The maximum atomic E-state index is 13.0. The molecule has 0 atom stereocenters. The number of sulfonamides is 1. The average molecular weight is 451 g/mol. The van der Waals surface area contributed by atoms with Gasteiger partial charge < -0.3 is 10.2 Å². The maximum Gasteiger partial charge on any atom is 0.255 e. The summed E-state index contributed by atoms with van der Waals surface area (Å²) >= 11 is 5.91. The number of amides is 1. The molecule has 2 aromatic rings. The van der Waals surface area contributed by atoms with Crippen molar-refractivity contribution in [1.82, 2.24) is 9.29 Å². The van der Waals surface area contributed by atoms with Crippen LogP contribution in [0.1, 0.15) is 43.5 Å². The number of carbonyl (C=O) groups is 1. The number of nitrogens with one attached hydrogen (secondary N) is 1. The van der Waals surface area contributed by atoms with Gasteiger partial charge in [0, 0.05) is 37.9 Å². The lowest BCUT2D eigenvalue weighted by Gasteiger charge is -2.31. The SMILES string of the molecule is CCN(CC)S(=O)(=O)c1ccc(N2CCCCC2)c(NC(=O)c2ccnc(Cl)c2)c1. The van der Waals surface area contributed by atoms with E-state index in [2.05, 4.69) is 15.2 Å². The zero-order valence-electron chi connectivity index (χ0n) is 17.3. The highest BCUT2D eigenvalue weighted by Crippen LogP contribution is 2.32. The van der Waals surface area contributed by atoms with Crippen LogP contribution in [0.5, 0.6) is 0 Å². The molecule has 30 heavy (non-hydrogen) atoms. The fourth-order valence-corrected chi connectivity index (χ4v) is 5.30. The topological polar surface area (TPSA) is 82.6 Å². The Morgan fingerprint density at radius 2 is 1.83 bits per heavy atom. The average Bonchev–Trinajstić information content (AvgIpc) is 2.75. The minimum atomic E-state index is -3.65. The molecule has 7 nitrogen and oxygen atoms in total. The van der Waals surface area contributed by atoms with Crippen LogP contribution in [0.4, 0.5) is 11.4 Å². The molecule has 0 radical (unpaired) electrons. The first kappa shape index (κ1) is 22.5. The third kappa shape index (κ3) is 4.94. The summed E-state index contributed by atoms with van der Waals surface area (Å²) in [4.78, 5) is 19.1. The normalized spacial score (nSPS) is 14.7. The van der Waals surface area contributed by atoms with E-state index in [9.17, 15) is 13.2 Å². The van der Waals surface area contributed by atoms with E-state index in [-0.39, 0.29) is 16.0 Å². The zero-order valence-corrected chi connectivity index (χ0v) is 18.8. The van der Waals surface area contributed by atoms with Gasteiger partial charge in [-0.05, 0) is 49.6 Å². The van der Waals surface area contributed by atoms with Gasteiger partial charge in [0.15, 0.2) is 0 Å². The summed E-state index contributed by atoms with van der Waals surface area (Å²) in [5.41, 5.74) is 1.65. The summed E-state index contributed by atoms with van der Waals surface area (Å²) in [6.45, 7) is 6.10. The molecular weight excluding hydrogens is 424 g/mol. The van der Waals surface area contributed by atoms with Crippen molar-refractivity contribution in [3.63, 3.8) is 0 Å². The summed E-state index contributed by atoms with van der Waals surface area (Å²) in [6.07, 6.45) is 4.76. The van der Waals surface area contributed by atoms with E-state index in [1.807, 2.05) is 0 Å². The second-order valence-electron chi connectivity index (χ2n) is 7.14. The Morgan fingerprint density at radius 1 is 1.13 bits per heavy atom. The van der Waals surface area contributed by atoms with Crippen molar-refractivity contribution in [3.05, 3.63) is 47.2 Å². The van der Waals surface area contributed by atoms with E-state index in [1.54, 1.807) is 38.1 Å². The minimum absolute atomic E-state index is 0.162. The first-order valence-corrected chi connectivity index (χ1v) is 12.0. The molecule has 1 N–H and O–H groups in total. The number of piperidine rings is 1. The number of halogens is 1. The Balaban J connectivity index is 2.01. The molecule has 1 aromatic carbocycles. The number of hydrogen-bond donors (Lipinski definition) is 1. The van der Waals surface area contributed by atoms with Crippen molar-refractivity contribution in [2.24, 2.45) is 0 Å².